The lowest BCUT2D eigenvalue weighted by molar-refractivity contribution is -0.123. The first kappa shape index (κ1) is 22.3. The highest BCUT2D eigenvalue weighted by molar-refractivity contribution is 7.89. The van der Waals surface area contributed by atoms with Gasteiger partial charge in [-0.1, -0.05) is 48.5 Å². The molecule has 1 amide bonds. The van der Waals surface area contributed by atoms with Crippen LogP contribution in [0.2, 0.25) is 0 Å². The molecule has 0 aromatic heterocycles. The highest BCUT2D eigenvalue weighted by Crippen LogP contribution is 2.18. The number of carbonyl (C=O) groups excluding carboxylic acids is 1. The molecule has 0 aliphatic heterocycles. The molecule has 3 aromatic rings. The largest absolute Gasteiger partial charge is 0.496 e. The highest BCUT2D eigenvalue weighted by Gasteiger charge is 2.14. The summed E-state index contributed by atoms with van der Waals surface area (Å²) < 4.78 is 38.1. The molecule has 0 aliphatic rings. The van der Waals surface area contributed by atoms with Crippen LogP contribution in [0.5, 0.6) is 11.5 Å². The van der Waals surface area contributed by atoms with E-state index in [1.54, 1.807) is 7.11 Å². The number of para-hydroxylation sites is 1. The minimum Gasteiger partial charge on any atom is -0.496 e. The number of benzene rings is 3. The number of hydrogen-bond donors (Lipinski definition) is 2. The van der Waals surface area contributed by atoms with Crippen LogP contribution < -0.4 is 19.5 Å². The van der Waals surface area contributed by atoms with E-state index in [4.69, 9.17) is 9.47 Å². The fraction of sp³-hybridized carbons (Fsp3) is 0.174. The van der Waals surface area contributed by atoms with Gasteiger partial charge in [0, 0.05) is 18.7 Å². The molecule has 0 bridgehead atoms. The van der Waals surface area contributed by atoms with E-state index in [0.29, 0.717) is 18.0 Å². The second-order valence-electron chi connectivity index (χ2n) is 6.66. The quantitative estimate of drug-likeness (QED) is 0.506. The van der Waals surface area contributed by atoms with Crippen LogP contribution in [-0.4, -0.2) is 28.0 Å². The number of hydrogen-bond acceptors (Lipinski definition) is 5. The molecule has 7 nitrogen and oxygen atoms in total. The molecule has 0 fully saturated rings. The van der Waals surface area contributed by atoms with Crippen molar-refractivity contribution in [3.05, 3.63) is 90.0 Å². The monoisotopic (exact) mass is 440 g/mol. The zero-order chi connectivity index (χ0) is 22.1. The first-order chi connectivity index (χ1) is 15.0. The van der Waals surface area contributed by atoms with Crippen LogP contribution >= 0.6 is 0 Å². The molecule has 0 heterocycles. The third kappa shape index (κ3) is 6.56. The Labute approximate surface area is 182 Å². The normalized spacial score (nSPS) is 11.0. The van der Waals surface area contributed by atoms with Gasteiger partial charge in [-0.15, -0.1) is 0 Å². The van der Waals surface area contributed by atoms with Gasteiger partial charge in [0.05, 0.1) is 12.0 Å². The molecule has 3 aromatic carbocycles. The molecule has 0 saturated carbocycles. The zero-order valence-electron chi connectivity index (χ0n) is 17.1. The second-order valence-corrected chi connectivity index (χ2v) is 8.43. The van der Waals surface area contributed by atoms with E-state index >= 15 is 0 Å². The average Bonchev–Trinajstić information content (AvgIpc) is 2.81. The van der Waals surface area contributed by atoms with Crippen molar-refractivity contribution in [3.8, 4) is 11.5 Å². The van der Waals surface area contributed by atoms with E-state index in [1.165, 1.54) is 24.3 Å². The Hall–Kier alpha value is -3.36. The van der Waals surface area contributed by atoms with Gasteiger partial charge in [-0.25, -0.2) is 13.1 Å². The lowest BCUT2D eigenvalue weighted by Crippen LogP contribution is -2.28. The number of sulfonamides is 1. The Balaban J connectivity index is 1.49. The van der Waals surface area contributed by atoms with Gasteiger partial charge in [0.1, 0.15) is 11.5 Å². The van der Waals surface area contributed by atoms with Gasteiger partial charge < -0.3 is 14.8 Å². The average molecular weight is 441 g/mol. The molecule has 0 atom stereocenters. The minimum absolute atomic E-state index is 0.122. The maximum absolute atomic E-state index is 12.4. The number of ether oxygens (including phenoxy) is 2. The molecule has 3 rings (SSSR count). The van der Waals surface area contributed by atoms with Crippen LogP contribution in [0.15, 0.2) is 83.8 Å². The first-order valence-electron chi connectivity index (χ1n) is 9.63. The van der Waals surface area contributed by atoms with Crippen molar-refractivity contribution in [1.82, 2.24) is 10.0 Å². The maximum atomic E-state index is 12.4. The molecule has 162 valence electrons. The van der Waals surface area contributed by atoms with Crippen molar-refractivity contribution in [3.63, 3.8) is 0 Å². The summed E-state index contributed by atoms with van der Waals surface area (Å²) in [6.07, 6.45) is 0. The number of carbonyl (C=O) groups is 1. The van der Waals surface area contributed by atoms with Crippen LogP contribution in [-0.2, 0) is 27.9 Å². The van der Waals surface area contributed by atoms with Crippen molar-refractivity contribution in [1.29, 1.82) is 0 Å². The highest BCUT2D eigenvalue weighted by atomic mass is 32.2. The van der Waals surface area contributed by atoms with E-state index in [1.807, 2.05) is 54.6 Å². The summed E-state index contributed by atoms with van der Waals surface area (Å²) >= 11 is 0. The number of methoxy groups -OCH3 is 1. The van der Waals surface area contributed by atoms with Gasteiger partial charge in [-0.05, 0) is 35.9 Å². The topological polar surface area (TPSA) is 93.7 Å². The molecule has 0 saturated heterocycles. The Morgan fingerprint density at radius 1 is 0.871 bits per heavy atom. The molecule has 0 aliphatic carbocycles. The van der Waals surface area contributed by atoms with Crippen LogP contribution in [0.4, 0.5) is 0 Å². The molecule has 8 heteroatoms. The molecule has 2 N–H and O–H groups in total. The van der Waals surface area contributed by atoms with Gasteiger partial charge in [0.15, 0.2) is 6.61 Å². The fourth-order valence-electron chi connectivity index (χ4n) is 2.82. The molecule has 0 radical (unpaired) electrons. The molecule has 0 unspecified atom stereocenters. The van der Waals surface area contributed by atoms with Crippen molar-refractivity contribution >= 4 is 15.9 Å². The summed E-state index contributed by atoms with van der Waals surface area (Å²) in [5.41, 5.74) is 1.72. The first-order valence-corrected chi connectivity index (χ1v) is 11.1. The zero-order valence-corrected chi connectivity index (χ0v) is 17.9. The number of amides is 1. The predicted octanol–water partition coefficient (Wildman–Crippen LogP) is 2.87. The third-order valence-electron chi connectivity index (χ3n) is 4.48. The molecular formula is C23H24N2O5S. The van der Waals surface area contributed by atoms with Crippen LogP contribution in [0.3, 0.4) is 0 Å². The summed E-state index contributed by atoms with van der Waals surface area (Å²) in [7, 11) is -2.07. The second kappa shape index (κ2) is 10.6. The maximum Gasteiger partial charge on any atom is 0.258 e. The summed E-state index contributed by atoms with van der Waals surface area (Å²) in [4.78, 5) is 12.2. The van der Waals surface area contributed by atoms with Crippen LogP contribution in [0.1, 0.15) is 11.1 Å². The van der Waals surface area contributed by atoms with Gasteiger partial charge in [0.25, 0.3) is 5.91 Å². The molecule has 0 spiro atoms. The molecule has 31 heavy (non-hydrogen) atoms. The van der Waals surface area contributed by atoms with Crippen molar-refractivity contribution in [2.24, 2.45) is 0 Å². The van der Waals surface area contributed by atoms with E-state index < -0.39 is 10.0 Å². The van der Waals surface area contributed by atoms with E-state index in [9.17, 15) is 13.2 Å². The summed E-state index contributed by atoms with van der Waals surface area (Å²) in [6.45, 7) is 0.331. The van der Waals surface area contributed by atoms with E-state index in [-0.39, 0.29) is 24.0 Å². The SMILES string of the molecule is COc1ccccc1CNC(=O)COc1ccc(S(=O)(=O)NCc2ccccc2)cc1. The Kier molecular flexibility index (Phi) is 7.64. The van der Waals surface area contributed by atoms with Gasteiger partial charge in [-0.2, -0.15) is 0 Å². The van der Waals surface area contributed by atoms with Gasteiger partial charge in [-0.3, -0.25) is 4.79 Å². The third-order valence-corrected chi connectivity index (χ3v) is 5.90. The van der Waals surface area contributed by atoms with Crippen molar-refractivity contribution in [2.75, 3.05) is 13.7 Å². The standard InChI is InChI=1S/C23H24N2O5S/c1-29-22-10-6-5-9-19(22)16-24-23(26)17-30-20-11-13-21(14-12-20)31(27,28)25-15-18-7-3-2-4-8-18/h2-14,25H,15-17H2,1H3,(H,24,26). The summed E-state index contributed by atoms with van der Waals surface area (Å²) in [5.74, 6) is 0.794. The molecular weight excluding hydrogens is 416 g/mol. The summed E-state index contributed by atoms with van der Waals surface area (Å²) in [6, 6.07) is 22.6. The van der Waals surface area contributed by atoms with E-state index in [0.717, 1.165) is 11.1 Å². The minimum atomic E-state index is -3.65. The van der Waals surface area contributed by atoms with Gasteiger partial charge >= 0.3 is 0 Å². The fourth-order valence-corrected chi connectivity index (χ4v) is 3.83. The predicted molar refractivity (Wildman–Crippen MR) is 117 cm³/mol. The Morgan fingerprint density at radius 2 is 1.55 bits per heavy atom. The summed E-state index contributed by atoms with van der Waals surface area (Å²) in [5, 5.41) is 2.76. The number of nitrogens with one attached hydrogen (secondary N) is 2. The van der Waals surface area contributed by atoms with E-state index in [2.05, 4.69) is 10.0 Å². The van der Waals surface area contributed by atoms with Crippen LogP contribution in [0, 0.1) is 0 Å². The smallest absolute Gasteiger partial charge is 0.258 e. The van der Waals surface area contributed by atoms with Crippen molar-refractivity contribution < 1.29 is 22.7 Å². The Morgan fingerprint density at radius 3 is 2.26 bits per heavy atom. The Bertz CT molecular complexity index is 1100. The van der Waals surface area contributed by atoms with Crippen molar-refractivity contribution in [2.45, 2.75) is 18.0 Å². The van der Waals surface area contributed by atoms with Crippen LogP contribution in [0.25, 0.3) is 0 Å². The lowest BCUT2D eigenvalue weighted by atomic mass is 10.2. The lowest BCUT2D eigenvalue weighted by Gasteiger charge is -2.11. The van der Waals surface area contributed by atoms with Gasteiger partial charge in [0.2, 0.25) is 10.0 Å². The number of rotatable bonds is 10.